The van der Waals surface area contributed by atoms with E-state index in [1.807, 2.05) is 6.07 Å². The van der Waals surface area contributed by atoms with Gasteiger partial charge in [0.25, 0.3) is 0 Å². The topological polar surface area (TPSA) is 85.0 Å². The molecule has 9 heteroatoms. The molecular formula is C21H22FN5O3. The Morgan fingerprint density at radius 3 is 2.53 bits per heavy atom. The van der Waals surface area contributed by atoms with Gasteiger partial charge in [0.1, 0.15) is 18.0 Å². The van der Waals surface area contributed by atoms with Gasteiger partial charge in [-0.05, 0) is 23.3 Å². The molecule has 2 aliphatic rings. The van der Waals surface area contributed by atoms with Gasteiger partial charge in [0, 0.05) is 13.6 Å². The molecule has 0 spiro atoms. The number of nitrogens with one attached hydrogen (secondary N) is 2. The van der Waals surface area contributed by atoms with Crippen LogP contribution in [0.25, 0.3) is 0 Å². The zero-order chi connectivity index (χ0) is 21.3. The van der Waals surface area contributed by atoms with Crippen LogP contribution in [0.3, 0.4) is 0 Å². The normalized spacial score (nSPS) is 21.8. The van der Waals surface area contributed by atoms with E-state index < -0.39 is 18.2 Å². The van der Waals surface area contributed by atoms with Gasteiger partial charge in [-0.1, -0.05) is 42.5 Å². The average Bonchev–Trinajstić information content (AvgIpc) is 2.74. The van der Waals surface area contributed by atoms with Crippen LogP contribution >= 0.6 is 0 Å². The molecule has 2 N–H and O–H groups in total. The fraction of sp³-hybridized carbons (Fsp3) is 0.286. The Hall–Kier alpha value is -3.46. The largest absolute Gasteiger partial charge is 0.350 e. The molecule has 0 radical (unpaired) electrons. The van der Waals surface area contributed by atoms with Gasteiger partial charge in [-0.2, -0.15) is 0 Å². The second-order valence-electron chi connectivity index (χ2n) is 7.29. The van der Waals surface area contributed by atoms with E-state index in [9.17, 15) is 18.8 Å². The lowest BCUT2D eigenvalue weighted by Gasteiger charge is -2.52. The highest BCUT2D eigenvalue weighted by molar-refractivity contribution is 5.92. The predicted molar refractivity (Wildman–Crippen MR) is 106 cm³/mol. The van der Waals surface area contributed by atoms with Crippen LogP contribution in [0, 0.1) is 5.82 Å². The van der Waals surface area contributed by atoms with Crippen LogP contribution in [0.1, 0.15) is 17.2 Å². The molecule has 0 unspecified atom stereocenters. The smallest absolute Gasteiger partial charge is 0.334 e. The van der Waals surface area contributed by atoms with Gasteiger partial charge in [-0.15, -0.1) is 0 Å². The molecule has 4 rings (SSSR count). The number of carbonyl (C=O) groups is 3. The number of hydrogen-bond donors (Lipinski definition) is 2. The maximum absolute atomic E-state index is 13.1. The van der Waals surface area contributed by atoms with E-state index in [2.05, 4.69) is 10.6 Å². The number of amides is 4. The summed E-state index contributed by atoms with van der Waals surface area (Å²) in [6.07, 6.45) is -0.660. The first-order valence-corrected chi connectivity index (χ1v) is 9.62. The molecule has 0 bridgehead atoms. The summed E-state index contributed by atoms with van der Waals surface area (Å²) in [4.78, 5) is 39.9. The molecule has 0 aromatic heterocycles. The molecule has 8 nitrogen and oxygen atoms in total. The van der Waals surface area contributed by atoms with E-state index >= 15 is 0 Å². The van der Waals surface area contributed by atoms with E-state index in [1.165, 1.54) is 22.0 Å². The second kappa shape index (κ2) is 8.11. The number of benzene rings is 2. The summed E-state index contributed by atoms with van der Waals surface area (Å²) in [6, 6.07) is 13.7. The highest BCUT2D eigenvalue weighted by atomic mass is 19.1. The van der Waals surface area contributed by atoms with Crippen molar-refractivity contribution in [3.8, 4) is 0 Å². The fourth-order valence-corrected chi connectivity index (χ4v) is 3.88. The Morgan fingerprint density at radius 2 is 1.83 bits per heavy atom. The number of rotatable bonds is 3. The fourth-order valence-electron chi connectivity index (χ4n) is 3.88. The van der Waals surface area contributed by atoms with Crippen molar-refractivity contribution in [1.29, 1.82) is 0 Å². The summed E-state index contributed by atoms with van der Waals surface area (Å²) < 4.78 is 13.1. The quantitative estimate of drug-likeness (QED) is 0.796. The molecule has 2 aromatic carbocycles. The molecule has 4 amide bonds. The summed E-state index contributed by atoms with van der Waals surface area (Å²) in [5.74, 6) is -0.851. The molecular weight excluding hydrogens is 389 g/mol. The monoisotopic (exact) mass is 411 g/mol. The van der Waals surface area contributed by atoms with Crippen molar-refractivity contribution in [3.63, 3.8) is 0 Å². The minimum atomic E-state index is -0.807. The van der Waals surface area contributed by atoms with Crippen molar-refractivity contribution in [2.24, 2.45) is 0 Å². The maximum Gasteiger partial charge on any atom is 0.334 e. The first kappa shape index (κ1) is 19.8. The van der Waals surface area contributed by atoms with Crippen LogP contribution in [-0.2, 0) is 16.1 Å². The average molecular weight is 411 g/mol. The highest BCUT2D eigenvalue weighted by Crippen LogP contribution is 2.31. The summed E-state index contributed by atoms with van der Waals surface area (Å²) >= 11 is 0. The zero-order valence-electron chi connectivity index (χ0n) is 16.4. The molecule has 2 heterocycles. The number of halogens is 1. The van der Waals surface area contributed by atoms with Gasteiger partial charge in [-0.25, -0.2) is 19.2 Å². The van der Waals surface area contributed by atoms with Gasteiger partial charge in [0.05, 0.1) is 13.1 Å². The summed E-state index contributed by atoms with van der Waals surface area (Å²) in [7, 11) is 1.65. The SMILES string of the molecule is CN1CC(=O)N2[C@@H](c3ccccc3)C(=O)NC[C@@H]2N1C(=O)NCc1ccc(F)cc1. The second-order valence-corrected chi connectivity index (χ2v) is 7.29. The van der Waals surface area contributed by atoms with E-state index in [0.717, 1.165) is 5.56 Å². The number of likely N-dealkylation sites (N-methyl/N-ethyl adjacent to an activating group) is 1. The molecule has 2 saturated heterocycles. The molecule has 2 aliphatic heterocycles. The van der Waals surface area contributed by atoms with Crippen molar-refractivity contribution in [1.82, 2.24) is 25.6 Å². The van der Waals surface area contributed by atoms with Gasteiger partial charge in [0.2, 0.25) is 11.8 Å². The van der Waals surface area contributed by atoms with Crippen LogP contribution in [0.2, 0.25) is 0 Å². The first-order chi connectivity index (χ1) is 14.5. The van der Waals surface area contributed by atoms with Gasteiger partial charge in [0.15, 0.2) is 0 Å². The lowest BCUT2D eigenvalue weighted by Crippen LogP contribution is -2.73. The van der Waals surface area contributed by atoms with Crippen molar-refractivity contribution >= 4 is 17.8 Å². The van der Waals surface area contributed by atoms with Crippen molar-refractivity contribution in [2.45, 2.75) is 18.8 Å². The molecule has 0 saturated carbocycles. The Kier molecular flexibility index (Phi) is 5.37. The van der Waals surface area contributed by atoms with Crippen LogP contribution in [0.4, 0.5) is 9.18 Å². The van der Waals surface area contributed by atoms with Crippen LogP contribution < -0.4 is 10.6 Å². The summed E-state index contributed by atoms with van der Waals surface area (Å²) in [5.41, 5.74) is 1.43. The van der Waals surface area contributed by atoms with Crippen LogP contribution in [-0.4, -0.2) is 59.1 Å². The standard InChI is InChI=1S/C21H22FN5O3/c1-25-13-18(28)26-17(12-23-20(29)19(26)15-5-3-2-4-6-15)27(25)21(30)24-11-14-7-9-16(22)10-8-14/h2-10,17,19H,11-13H2,1H3,(H,23,29)(H,24,30)/t17-,19-/m0/s1. The summed E-state index contributed by atoms with van der Waals surface area (Å²) in [5, 5.41) is 8.61. The number of piperazine rings is 1. The van der Waals surface area contributed by atoms with E-state index in [0.29, 0.717) is 5.56 Å². The zero-order valence-corrected chi connectivity index (χ0v) is 16.4. The molecule has 2 fully saturated rings. The number of fused-ring (bicyclic) bond motifs is 1. The van der Waals surface area contributed by atoms with E-state index in [1.54, 1.807) is 48.5 Å². The predicted octanol–water partition coefficient (Wildman–Crippen LogP) is 1.22. The third-order valence-corrected chi connectivity index (χ3v) is 5.29. The lowest BCUT2D eigenvalue weighted by molar-refractivity contribution is -0.177. The Bertz CT molecular complexity index is 953. The molecule has 30 heavy (non-hydrogen) atoms. The number of carbonyl (C=O) groups excluding carboxylic acids is 3. The lowest BCUT2D eigenvalue weighted by atomic mass is 10.0. The maximum atomic E-state index is 13.1. The van der Waals surface area contributed by atoms with Crippen molar-refractivity contribution in [2.75, 3.05) is 20.1 Å². The van der Waals surface area contributed by atoms with Gasteiger partial charge in [-0.3, -0.25) is 9.59 Å². The number of hydrogen-bond acceptors (Lipinski definition) is 4. The van der Waals surface area contributed by atoms with Crippen molar-refractivity contribution < 1.29 is 18.8 Å². The molecule has 2 aromatic rings. The number of urea groups is 1. The molecule has 2 atom stereocenters. The highest BCUT2D eigenvalue weighted by Gasteiger charge is 2.48. The minimum absolute atomic E-state index is 0.0307. The third kappa shape index (κ3) is 3.71. The number of hydrazine groups is 1. The van der Waals surface area contributed by atoms with Gasteiger partial charge >= 0.3 is 6.03 Å². The van der Waals surface area contributed by atoms with Gasteiger partial charge < -0.3 is 15.5 Å². The van der Waals surface area contributed by atoms with Crippen LogP contribution in [0.15, 0.2) is 54.6 Å². The number of nitrogens with zero attached hydrogens (tertiary/aromatic N) is 3. The molecule has 156 valence electrons. The molecule has 0 aliphatic carbocycles. The van der Waals surface area contributed by atoms with Crippen molar-refractivity contribution in [3.05, 3.63) is 71.5 Å². The minimum Gasteiger partial charge on any atom is -0.350 e. The van der Waals surface area contributed by atoms with E-state index in [-0.39, 0.29) is 37.3 Å². The Labute approximate surface area is 173 Å². The van der Waals surface area contributed by atoms with Crippen LogP contribution in [0.5, 0.6) is 0 Å². The Balaban J connectivity index is 1.56. The Morgan fingerprint density at radius 1 is 1.13 bits per heavy atom. The summed E-state index contributed by atoms with van der Waals surface area (Å²) in [6.45, 7) is 0.303. The first-order valence-electron chi connectivity index (χ1n) is 9.62. The third-order valence-electron chi connectivity index (χ3n) is 5.29. The van der Waals surface area contributed by atoms with E-state index in [4.69, 9.17) is 0 Å².